The highest BCUT2D eigenvalue weighted by Gasteiger charge is 2.22. The van der Waals surface area contributed by atoms with Crippen molar-refractivity contribution in [3.05, 3.63) is 39.3 Å². The molecule has 18 heavy (non-hydrogen) atoms. The first-order chi connectivity index (χ1) is 8.79. The van der Waals surface area contributed by atoms with E-state index in [0.717, 1.165) is 6.54 Å². The summed E-state index contributed by atoms with van der Waals surface area (Å²) in [5, 5.41) is 7.87. The lowest BCUT2D eigenvalue weighted by Gasteiger charge is -2.16. The van der Waals surface area contributed by atoms with Crippen molar-refractivity contribution in [2.24, 2.45) is 7.05 Å². The van der Waals surface area contributed by atoms with E-state index in [4.69, 9.17) is 0 Å². The van der Waals surface area contributed by atoms with E-state index in [9.17, 15) is 0 Å². The van der Waals surface area contributed by atoms with Gasteiger partial charge < -0.3 is 5.32 Å². The number of hydrogen-bond donors (Lipinski definition) is 1. The summed E-state index contributed by atoms with van der Waals surface area (Å²) >= 11 is 1.97. The summed E-state index contributed by atoms with van der Waals surface area (Å²) in [7, 11) is 2.01. The van der Waals surface area contributed by atoms with Gasteiger partial charge in [0.1, 0.15) is 0 Å². The van der Waals surface area contributed by atoms with E-state index in [1.165, 1.54) is 29.8 Å². The van der Waals surface area contributed by atoms with Crippen molar-refractivity contribution >= 4 is 11.3 Å². The predicted octanol–water partition coefficient (Wildman–Crippen LogP) is 2.67. The number of thiophene rings is 1. The second-order valence-corrected chi connectivity index (χ2v) is 5.99. The van der Waals surface area contributed by atoms with Gasteiger partial charge in [-0.25, -0.2) is 0 Å². The van der Waals surface area contributed by atoms with Crippen LogP contribution in [0.3, 0.4) is 0 Å². The first kappa shape index (κ1) is 11.9. The Morgan fingerprint density at radius 3 is 3.06 bits per heavy atom. The van der Waals surface area contributed by atoms with Gasteiger partial charge in [0, 0.05) is 23.0 Å². The molecule has 0 bridgehead atoms. The molecule has 0 amide bonds. The lowest BCUT2D eigenvalue weighted by atomic mass is 10.1. The van der Waals surface area contributed by atoms with E-state index >= 15 is 0 Å². The lowest BCUT2D eigenvalue weighted by molar-refractivity contribution is 0.579. The fourth-order valence-corrected chi connectivity index (χ4v) is 4.06. The fraction of sp³-hybridized carbons (Fsp3) is 0.500. The van der Waals surface area contributed by atoms with E-state index in [2.05, 4.69) is 29.5 Å². The largest absolute Gasteiger partial charge is 0.305 e. The molecule has 3 rings (SSSR count). The molecule has 96 valence electrons. The molecule has 0 spiro atoms. The second-order valence-electron chi connectivity index (χ2n) is 4.82. The minimum Gasteiger partial charge on any atom is -0.305 e. The van der Waals surface area contributed by atoms with Crippen molar-refractivity contribution in [3.8, 4) is 0 Å². The summed E-state index contributed by atoms with van der Waals surface area (Å²) in [6.45, 7) is 3.13. The fourth-order valence-electron chi connectivity index (χ4n) is 2.72. The lowest BCUT2D eigenvalue weighted by Crippen LogP contribution is -2.23. The maximum Gasteiger partial charge on any atom is 0.0841 e. The minimum atomic E-state index is 0.290. The Morgan fingerprint density at radius 1 is 1.50 bits per heavy atom. The Hall–Kier alpha value is -1.13. The van der Waals surface area contributed by atoms with Gasteiger partial charge in [-0.05, 0) is 43.5 Å². The molecule has 0 radical (unpaired) electrons. The van der Waals surface area contributed by atoms with Gasteiger partial charge in [-0.2, -0.15) is 5.10 Å². The van der Waals surface area contributed by atoms with Crippen LogP contribution in [0, 0.1) is 0 Å². The molecule has 0 fully saturated rings. The molecule has 0 aromatic carbocycles. The third-order valence-electron chi connectivity index (χ3n) is 3.61. The van der Waals surface area contributed by atoms with Gasteiger partial charge in [-0.15, -0.1) is 11.3 Å². The van der Waals surface area contributed by atoms with Crippen LogP contribution in [0.5, 0.6) is 0 Å². The van der Waals surface area contributed by atoms with Gasteiger partial charge in [0.15, 0.2) is 0 Å². The van der Waals surface area contributed by atoms with E-state index < -0.39 is 0 Å². The van der Waals surface area contributed by atoms with Crippen molar-refractivity contribution < 1.29 is 0 Å². The molecule has 2 aromatic heterocycles. The zero-order valence-corrected chi connectivity index (χ0v) is 11.8. The summed E-state index contributed by atoms with van der Waals surface area (Å²) in [5.74, 6) is 0. The third kappa shape index (κ3) is 1.99. The first-order valence-electron chi connectivity index (χ1n) is 6.62. The number of rotatable bonds is 4. The normalized spacial score (nSPS) is 15.9. The summed E-state index contributed by atoms with van der Waals surface area (Å²) in [4.78, 5) is 3.03. The van der Waals surface area contributed by atoms with Gasteiger partial charge in [0.05, 0.1) is 11.7 Å². The number of nitrogens with one attached hydrogen (secondary N) is 1. The monoisotopic (exact) mass is 261 g/mol. The Labute approximate surface area is 112 Å². The van der Waals surface area contributed by atoms with Crippen molar-refractivity contribution in [2.45, 2.75) is 32.2 Å². The van der Waals surface area contributed by atoms with Gasteiger partial charge >= 0.3 is 0 Å². The number of fused-ring (bicyclic) bond motifs is 1. The molecule has 1 N–H and O–H groups in total. The quantitative estimate of drug-likeness (QED) is 0.917. The Kier molecular flexibility index (Phi) is 3.22. The van der Waals surface area contributed by atoms with Crippen LogP contribution in [-0.4, -0.2) is 16.3 Å². The van der Waals surface area contributed by atoms with Gasteiger partial charge in [-0.1, -0.05) is 6.92 Å². The van der Waals surface area contributed by atoms with Crippen LogP contribution < -0.4 is 5.32 Å². The summed E-state index contributed by atoms with van der Waals surface area (Å²) < 4.78 is 1.97. The molecule has 1 aliphatic rings. The minimum absolute atomic E-state index is 0.290. The van der Waals surface area contributed by atoms with Gasteiger partial charge in [0.2, 0.25) is 0 Å². The highest BCUT2D eigenvalue weighted by molar-refractivity contribution is 7.12. The highest BCUT2D eigenvalue weighted by Crippen LogP contribution is 2.35. The van der Waals surface area contributed by atoms with E-state index in [1.807, 2.05) is 29.3 Å². The SMILES string of the molecule is CCNC(c1cc2c(s1)CCC2)c1ccnn1C. The molecule has 1 aliphatic carbocycles. The Balaban J connectivity index is 1.96. The predicted molar refractivity (Wildman–Crippen MR) is 75.1 cm³/mol. The molecule has 0 aliphatic heterocycles. The van der Waals surface area contributed by atoms with Crippen molar-refractivity contribution in [2.75, 3.05) is 6.54 Å². The van der Waals surface area contributed by atoms with Crippen LogP contribution in [0.1, 0.15) is 40.4 Å². The molecule has 3 nitrogen and oxygen atoms in total. The zero-order valence-electron chi connectivity index (χ0n) is 10.9. The molecule has 0 saturated heterocycles. The third-order valence-corrected chi connectivity index (χ3v) is 4.91. The number of hydrogen-bond acceptors (Lipinski definition) is 3. The smallest absolute Gasteiger partial charge is 0.0841 e. The highest BCUT2D eigenvalue weighted by atomic mass is 32.1. The summed E-state index contributed by atoms with van der Waals surface area (Å²) in [5.41, 5.74) is 2.82. The van der Waals surface area contributed by atoms with E-state index in [1.54, 1.807) is 10.4 Å². The standard InChI is InChI=1S/C14H19N3S/c1-3-15-14(11-7-8-16-17(11)2)13-9-10-5-4-6-12(10)18-13/h7-9,14-15H,3-6H2,1-2H3. The topological polar surface area (TPSA) is 29.9 Å². The molecular weight excluding hydrogens is 242 g/mol. The maximum absolute atomic E-state index is 4.29. The molecule has 1 atom stereocenters. The van der Waals surface area contributed by atoms with Crippen LogP contribution in [-0.2, 0) is 19.9 Å². The first-order valence-corrected chi connectivity index (χ1v) is 7.44. The van der Waals surface area contributed by atoms with Crippen LogP contribution >= 0.6 is 11.3 Å². The average Bonchev–Trinajstić information content (AvgIpc) is 3.00. The summed E-state index contributed by atoms with van der Waals surface area (Å²) in [6.07, 6.45) is 5.74. The van der Waals surface area contributed by atoms with Crippen LogP contribution in [0.15, 0.2) is 18.3 Å². The van der Waals surface area contributed by atoms with Crippen LogP contribution in [0.4, 0.5) is 0 Å². The molecule has 2 heterocycles. The number of aryl methyl sites for hydroxylation is 3. The number of nitrogens with zero attached hydrogens (tertiary/aromatic N) is 2. The molecule has 0 saturated carbocycles. The van der Waals surface area contributed by atoms with Gasteiger partial charge in [0.25, 0.3) is 0 Å². The Bertz CT molecular complexity index is 519. The molecule has 4 heteroatoms. The van der Waals surface area contributed by atoms with Crippen LogP contribution in [0.25, 0.3) is 0 Å². The van der Waals surface area contributed by atoms with Crippen molar-refractivity contribution in [1.29, 1.82) is 0 Å². The summed E-state index contributed by atoms with van der Waals surface area (Å²) in [6, 6.07) is 4.80. The zero-order chi connectivity index (χ0) is 12.5. The molecular formula is C14H19N3S. The Morgan fingerprint density at radius 2 is 2.39 bits per heavy atom. The average molecular weight is 261 g/mol. The molecule has 2 aromatic rings. The van der Waals surface area contributed by atoms with E-state index in [0.29, 0.717) is 0 Å². The van der Waals surface area contributed by atoms with Crippen molar-refractivity contribution in [3.63, 3.8) is 0 Å². The molecule has 1 unspecified atom stereocenters. The second kappa shape index (κ2) is 4.86. The van der Waals surface area contributed by atoms with Crippen molar-refractivity contribution in [1.82, 2.24) is 15.1 Å². The maximum atomic E-state index is 4.29. The van der Waals surface area contributed by atoms with Crippen LogP contribution in [0.2, 0.25) is 0 Å². The van der Waals surface area contributed by atoms with E-state index in [-0.39, 0.29) is 6.04 Å². The van der Waals surface area contributed by atoms with Gasteiger partial charge in [-0.3, -0.25) is 4.68 Å². The number of aromatic nitrogens is 2.